The second-order valence-corrected chi connectivity index (χ2v) is 13.3. The van der Waals surface area contributed by atoms with Gasteiger partial charge in [-0.15, -0.1) is 23.1 Å². The van der Waals surface area contributed by atoms with Gasteiger partial charge in [-0.2, -0.15) is 13.2 Å². The van der Waals surface area contributed by atoms with Crippen LogP contribution in [0.2, 0.25) is 0 Å². The lowest BCUT2D eigenvalue weighted by atomic mass is 9.96. The first-order chi connectivity index (χ1) is 18.4. The molecule has 0 radical (unpaired) electrons. The zero-order valence-electron chi connectivity index (χ0n) is 20.9. The van der Waals surface area contributed by atoms with Gasteiger partial charge in [-0.05, 0) is 48.1 Å². The third-order valence-electron chi connectivity index (χ3n) is 6.22. The Labute approximate surface area is 232 Å². The monoisotopic (exact) mass is 601 g/mol. The third kappa shape index (κ3) is 7.95. The van der Waals surface area contributed by atoms with E-state index < -0.39 is 39.5 Å². The largest absolute Gasteiger partial charge is 0.433 e. The van der Waals surface area contributed by atoms with Crippen molar-refractivity contribution in [2.75, 3.05) is 11.0 Å². The molecule has 3 aromatic rings. The van der Waals surface area contributed by atoms with Gasteiger partial charge in [0.1, 0.15) is 16.5 Å². The standard InChI is InChI=1S/C26H27F4N3O3S3/c1-39(35,36)33-20-11-9-16(14-19(20)27)23(21-8-5-13-37-21)24(34)31-15-17-10-12-22(26(28,29)30)32-25(17)38-18-6-3-2-4-7-18/h5,8-14,18,23,33H,2-4,6-7,15H2,1H3,(H,31,34). The van der Waals surface area contributed by atoms with Crippen LogP contribution < -0.4 is 10.0 Å². The fourth-order valence-electron chi connectivity index (χ4n) is 4.38. The van der Waals surface area contributed by atoms with E-state index in [2.05, 4.69) is 15.0 Å². The number of hydrogen-bond donors (Lipinski definition) is 2. The van der Waals surface area contributed by atoms with E-state index in [0.717, 1.165) is 50.5 Å². The van der Waals surface area contributed by atoms with Crippen molar-refractivity contribution < 1.29 is 30.8 Å². The van der Waals surface area contributed by atoms with Crippen LogP contribution in [-0.4, -0.2) is 30.8 Å². The minimum Gasteiger partial charge on any atom is -0.351 e. The summed E-state index contributed by atoms with van der Waals surface area (Å²) < 4.78 is 80.0. The zero-order chi connectivity index (χ0) is 28.2. The van der Waals surface area contributed by atoms with E-state index in [0.29, 0.717) is 16.0 Å². The van der Waals surface area contributed by atoms with Crippen molar-refractivity contribution in [2.24, 2.45) is 0 Å². The van der Waals surface area contributed by atoms with Crippen LogP contribution in [0.4, 0.5) is 23.2 Å². The summed E-state index contributed by atoms with van der Waals surface area (Å²) in [6, 6.07) is 9.53. The maximum atomic E-state index is 14.7. The quantitative estimate of drug-likeness (QED) is 0.272. The van der Waals surface area contributed by atoms with Gasteiger partial charge in [-0.25, -0.2) is 17.8 Å². The molecule has 6 nitrogen and oxygen atoms in total. The SMILES string of the molecule is CS(=O)(=O)Nc1ccc(C(C(=O)NCc2ccc(C(F)(F)F)nc2SC2CCCCC2)c2cccs2)cc1F. The van der Waals surface area contributed by atoms with Gasteiger partial charge in [0.25, 0.3) is 0 Å². The highest BCUT2D eigenvalue weighted by Crippen LogP contribution is 2.37. The summed E-state index contributed by atoms with van der Waals surface area (Å²) in [6.07, 6.45) is 1.23. The smallest absolute Gasteiger partial charge is 0.351 e. The molecule has 2 N–H and O–H groups in total. The number of rotatable bonds is 9. The Balaban J connectivity index is 1.58. The number of sulfonamides is 1. The molecular weight excluding hydrogens is 574 g/mol. The molecule has 210 valence electrons. The summed E-state index contributed by atoms with van der Waals surface area (Å²) in [4.78, 5) is 17.9. The van der Waals surface area contributed by atoms with Gasteiger partial charge < -0.3 is 5.32 Å². The van der Waals surface area contributed by atoms with E-state index in [1.165, 1.54) is 41.3 Å². The Morgan fingerprint density at radius 2 is 1.90 bits per heavy atom. The van der Waals surface area contributed by atoms with E-state index in [9.17, 15) is 30.8 Å². The normalized spacial score (nSPS) is 15.6. The fraction of sp³-hybridized carbons (Fsp3) is 0.385. The lowest BCUT2D eigenvalue weighted by Gasteiger charge is -2.22. The molecule has 1 amide bonds. The first-order valence-corrected chi connectivity index (χ1v) is 15.9. The topological polar surface area (TPSA) is 88.2 Å². The summed E-state index contributed by atoms with van der Waals surface area (Å²) in [5, 5.41) is 4.96. The van der Waals surface area contributed by atoms with Crippen LogP contribution in [0.15, 0.2) is 52.9 Å². The summed E-state index contributed by atoms with van der Waals surface area (Å²) in [5.74, 6) is -2.23. The number of thioether (sulfide) groups is 1. The summed E-state index contributed by atoms with van der Waals surface area (Å²) in [5.41, 5.74) is -0.456. The molecule has 2 aromatic heterocycles. The van der Waals surface area contributed by atoms with Gasteiger partial charge >= 0.3 is 6.18 Å². The highest BCUT2D eigenvalue weighted by atomic mass is 32.2. The molecule has 1 aliphatic carbocycles. The second kappa shape index (κ2) is 12.3. The number of alkyl halides is 3. The molecule has 4 rings (SSSR count). The first-order valence-electron chi connectivity index (χ1n) is 12.2. The molecule has 39 heavy (non-hydrogen) atoms. The molecule has 1 atom stereocenters. The molecule has 0 spiro atoms. The number of thiophene rings is 1. The molecule has 13 heteroatoms. The number of aromatic nitrogens is 1. The van der Waals surface area contributed by atoms with Crippen molar-refractivity contribution in [1.29, 1.82) is 0 Å². The van der Waals surface area contributed by atoms with Gasteiger partial charge in [-0.1, -0.05) is 37.5 Å². The van der Waals surface area contributed by atoms with Gasteiger partial charge in [0.05, 0.1) is 17.9 Å². The van der Waals surface area contributed by atoms with Crippen molar-refractivity contribution in [3.63, 3.8) is 0 Å². The fourth-order valence-corrected chi connectivity index (χ4v) is 7.13. The van der Waals surface area contributed by atoms with Gasteiger partial charge in [0, 0.05) is 22.2 Å². The van der Waals surface area contributed by atoms with Crippen LogP contribution in [0.1, 0.15) is 59.7 Å². The van der Waals surface area contributed by atoms with Gasteiger partial charge in [-0.3, -0.25) is 9.52 Å². The molecular formula is C26H27F4N3O3S3. The Bertz CT molecular complexity index is 1410. The number of benzene rings is 1. The second-order valence-electron chi connectivity index (χ2n) is 9.32. The van der Waals surface area contributed by atoms with E-state index in [-0.39, 0.29) is 22.5 Å². The number of nitrogens with one attached hydrogen (secondary N) is 2. The van der Waals surface area contributed by atoms with E-state index in [4.69, 9.17) is 0 Å². The van der Waals surface area contributed by atoms with E-state index in [1.54, 1.807) is 17.5 Å². The predicted octanol–water partition coefficient (Wildman–Crippen LogP) is 6.55. The van der Waals surface area contributed by atoms with E-state index >= 15 is 0 Å². The number of nitrogens with zero attached hydrogens (tertiary/aromatic N) is 1. The number of carbonyl (C=O) groups is 1. The van der Waals surface area contributed by atoms with Crippen molar-refractivity contribution in [3.05, 3.63) is 75.4 Å². The molecule has 2 heterocycles. The number of amides is 1. The van der Waals surface area contributed by atoms with Crippen molar-refractivity contribution in [2.45, 2.75) is 61.0 Å². The highest BCUT2D eigenvalue weighted by molar-refractivity contribution is 7.99. The summed E-state index contributed by atoms with van der Waals surface area (Å²) in [6.45, 7) is -0.0584. The van der Waals surface area contributed by atoms with Crippen LogP contribution in [0.3, 0.4) is 0 Å². The molecule has 1 aliphatic rings. The molecule has 0 aliphatic heterocycles. The lowest BCUT2D eigenvalue weighted by molar-refractivity contribution is -0.141. The Hall–Kier alpha value is -2.64. The van der Waals surface area contributed by atoms with Gasteiger partial charge in [0.2, 0.25) is 15.9 Å². The average molecular weight is 602 g/mol. The minimum absolute atomic E-state index is 0.0584. The molecule has 1 saturated carbocycles. The number of hydrogen-bond acceptors (Lipinski definition) is 6. The van der Waals surface area contributed by atoms with Crippen molar-refractivity contribution in [1.82, 2.24) is 10.3 Å². The predicted molar refractivity (Wildman–Crippen MR) is 145 cm³/mol. The molecule has 1 unspecified atom stereocenters. The Morgan fingerprint density at radius 1 is 1.15 bits per heavy atom. The molecule has 1 aromatic carbocycles. The Morgan fingerprint density at radius 3 is 2.51 bits per heavy atom. The van der Waals surface area contributed by atoms with E-state index in [1.807, 2.05) is 0 Å². The number of halogens is 4. The highest BCUT2D eigenvalue weighted by Gasteiger charge is 2.34. The summed E-state index contributed by atoms with van der Waals surface area (Å²) in [7, 11) is -3.70. The van der Waals surface area contributed by atoms with Crippen molar-refractivity contribution >= 4 is 44.7 Å². The number of carbonyl (C=O) groups excluding carboxylic acids is 1. The van der Waals surface area contributed by atoms with Crippen LogP contribution in [0.25, 0.3) is 0 Å². The van der Waals surface area contributed by atoms with Crippen molar-refractivity contribution in [3.8, 4) is 0 Å². The lowest BCUT2D eigenvalue weighted by Crippen LogP contribution is -2.30. The maximum absolute atomic E-state index is 14.7. The molecule has 0 saturated heterocycles. The number of anilines is 1. The van der Waals surface area contributed by atoms with Crippen LogP contribution in [0, 0.1) is 5.82 Å². The molecule has 1 fully saturated rings. The molecule has 0 bridgehead atoms. The zero-order valence-corrected chi connectivity index (χ0v) is 23.4. The van der Waals surface area contributed by atoms with Gasteiger partial charge in [0.15, 0.2) is 0 Å². The first kappa shape index (κ1) is 29.3. The van der Waals surface area contributed by atoms with Crippen LogP contribution in [0.5, 0.6) is 0 Å². The maximum Gasteiger partial charge on any atom is 0.433 e. The van der Waals surface area contributed by atoms with Crippen LogP contribution >= 0.6 is 23.1 Å². The third-order valence-corrected chi connectivity index (χ3v) is 9.13. The number of pyridine rings is 1. The average Bonchev–Trinajstić information content (AvgIpc) is 3.38. The summed E-state index contributed by atoms with van der Waals surface area (Å²) >= 11 is 2.61. The Kier molecular flexibility index (Phi) is 9.22. The van der Waals surface area contributed by atoms with Crippen LogP contribution in [-0.2, 0) is 27.5 Å². The minimum atomic E-state index is -4.59.